The lowest BCUT2D eigenvalue weighted by atomic mass is 10.2. The zero-order chi connectivity index (χ0) is 17.6. The summed E-state index contributed by atoms with van der Waals surface area (Å²) in [5.74, 6) is 0.628. The fourth-order valence-corrected chi connectivity index (χ4v) is 4.17. The highest BCUT2D eigenvalue weighted by molar-refractivity contribution is 7.97. The first-order valence-corrected chi connectivity index (χ1v) is 8.88. The molecule has 0 radical (unpaired) electrons. The van der Waals surface area contributed by atoms with Gasteiger partial charge in [0.1, 0.15) is 16.4 Å². The minimum atomic E-state index is -0.104. The molecular weight excluding hydrogens is 340 g/mol. The molecule has 8 nitrogen and oxygen atoms in total. The first-order chi connectivity index (χ1) is 12.0. The van der Waals surface area contributed by atoms with Gasteiger partial charge in [-0.25, -0.2) is 9.10 Å². The molecule has 0 aliphatic carbocycles. The normalized spacial score (nSPS) is 17.5. The van der Waals surface area contributed by atoms with E-state index in [9.17, 15) is 4.79 Å². The second-order valence-electron chi connectivity index (χ2n) is 6.41. The molecule has 1 N–H and O–H groups in total. The lowest BCUT2D eigenvalue weighted by molar-refractivity contribution is 0.222. The molecule has 0 spiro atoms. The summed E-state index contributed by atoms with van der Waals surface area (Å²) < 4.78 is 9.19. The highest BCUT2D eigenvalue weighted by atomic mass is 32.2. The molecule has 132 valence electrons. The van der Waals surface area contributed by atoms with Crippen LogP contribution in [0.2, 0.25) is 0 Å². The van der Waals surface area contributed by atoms with Gasteiger partial charge in [-0.3, -0.25) is 4.68 Å². The van der Waals surface area contributed by atoms with Gasteiger partial charge in [0.15, 0.2) is 5.76 Å². The van der Waals surface area contributed by atoms with Crippen molar-refractivity contribution in [2.45, 2.75) is 18.9 Å². The number of anilines is 1. The van der Waals surface area contributed by atoms with Gasteiger partial charge in [0.2, 0.25) is 0 Å². The van der Waals surface area contributed by atoms with E-state index in [-0.39, 0.29) is 6.03 Å². The number of carbonyl (C=O) groups is 1. The number of nitrogens with one attached hydrogen (secondary N) is 1. The molecule has 0 bridgehead atoms. The van der Waals surface area contributed by atoms with E-state index in [0.29, 0.717) is 30.2 Å². The van der Waals surface area contributed by atoms with E-state index >= 15 is 0 Å². The number of carbonyl (C=O) groups excluding carboxylic acids is 1. The van der Waals surface area contributed by atoms with Crippen molar-refractivity contribution in [3.63, 3.8) is 0 Å². The molecule has 2 amide bonds. The minimum absolute atomic E-state index is 0.104. The van der Waals surface area contributed by atoms with Crippen LogP contribution in [-0.2, 0) is 7.05 Å². The second kappa shape index (κ2) is 6.23. The third-order valence-corrected chi connectivity index (χ3v) is 5.38. The predicted octanol–water partition coefficient (Wildman–Crippen LogP) is 2.19. The Bertz CT molecular complexity index is 817. The van der Waals surface area contributed by atoms with Gasteiger partial charge in [-0.15, -0.1) is 0 Å². The molecule has 2 aliphatic heterocycles. The topological polar surface area (TPSA) is 79.4 Å². The Morgan fingerprint density at radius 1 is 1.24 bits per heavy atom. The van der Waals surface area contributed by atoms with Crippen molar-refractivity contribution in [2.75, 3.05) is 31.5 Å². The van der Waals surface area contributed by atoms with Gasteiger partial charge in [0, 0.05) is 39.4 Å². The number of amides is 2. The number of urea groups is 1. The number of hydrogen-bond donors (Lipinski definition) is 1. The molecule has 0 saturated heterocycles. The summed E-state index contributed by atoms with van der Waals surface area (Å²) >= 11 is 1.67. The lowest BCUT2D eigenvalue weighted by Crippen LogP contribution is -2.36. The Morgan fingerprint density at radius 3 is 2.52 bits per heavy atom. The molecule has 4 heterocycles. The van der Waals surface area contributed by atoms with Crippen molar-refractivity contribution in [3.8, 4) is 0 Å². The standard InChI is InChI=1S/C16H20N6O2S/c1-10-15(11(2)24-19-10)17-16(23)21-6-12-8-22(9-13(12)7-21)25-14-4-5-20(3)18-14/h4-5H,6-9H2,1-3H3,(H,17,23). The second-order valence-corrected chi connectivity index (χ2v) is 7.53. The summed E-state index contributed by atoms with van der Waals surface area (Å²) in [4.78, 5) is 14.3. The lowest BCUT2D eigenvalue weighted by Gasteiger charge is -2.21. The van der Waals surface area contributed by atoms with Gasteiger partial charge < -0.3 is 14.7 Å². The third-order valence-electron chi connectivity index (χ3n) is 4.46. The average Bonchev–Trinajstić information content (AvgIpc) is 3.29. The number of hydrogen-bond acceptors (Lipinski definition) is 6. The highest BCUT2D eigenvalue weighted by Crippen LogP contribution is 2.32. The Morgan fingerprint density at radius 2 is 1.96 bits per heavy atom. The fourth-order valence-electron chi connectivity index (χ4n) is 3.18. The van der Waals surface area contributed by atoms with Crippen molar-refractivity contribution < 1.29 is 9.32 Å². The summed E-state index contributed by atoms with van der Waals surface area (Å²) in [5.41, 5.74) is 4.03. The number of nitrogens with zero attached hydrogens (tertiary/aromatic N) is 5. The van der Waals surface area contributed by atoms with Crippen molar-refractivity contribution in [1.29, 1.82) is 0 Å². The third kappa shape index (κ3) is 3.16. The summed E-state index contributed by atoms with van der Waals surface area (Å²) in [6.45, 7) is 6.69. The quantitative estimate of drug-likeness (QED) is 0.668. The molecule has 0 atom stereocenters. The van der Waals surface area contributed by atoms with Crippen molar-refractivity contribution in [2.24, 2.45) is 7.05 Å². The van der Waals surface area contributed by atoms with Crippen LogP contribution in [-0.4, -0.2) is 56.4 Å². The molecule has 25 heavy (non-hydrogen) atoms. The summed E-state index contributed by atoms with van der Waals surface area (Å²) in [7, 11) is 1.92. The fraction of sp³-hybridized carbons (Fsp3) is 0.438. The van der Waals surface area contributed by atoms with Gasteiger partial charge in [-0.1, -0.05) is 5.16 Å². The molecule has 0 aromatic carbocycles. The van der Waals surface area contributed by atoms with E-state index in [1.165, 1.54) is 11.1 Å². The van der Waals surface area contributed by atoms with Crippen molar-refractivity contribution in [1.82, 2.24) is 24.1 Å². The number of aromatic nitrogens is 3. The summed E-state index contributed by atoms with van der Waals surface area (Å²) in [6, 6.07) is 1.91. The van der Waals surface area contributed by atoms with Crippen LogP contribution in [0.25, 0.3) is 0 Å². The van der Waals surface area contributed by atoms with Gasteiger partial charge in [-0.05, 0) is 43.0 Å². The maximum Gasteiger partial charge on any atom is 0.322 e. The highest BCUT2D eigenvalue weighted by Gasteiger charge is 2.33. The molecule has 2 aromatic rings. The van der Waals surface area contributed by atoms with Gasteiger partial charge >= 0.3 is 6.03 Å². The average molecular weight is 360 g/mol. The molecule has 0 saturated carbocycles. The molecule has 4 rings (SSSR count). The largest absolute Gasteiger partial charge is 0.359 e. The van der Waals surface area contributed by atoms with E-state index in [2.05, 4.69) is 19.9 Å². The Kier molecular flexibility index (Phi) is 4.04. The van der Waals surface area contributed by atoms with Crippen LogP contribution in [0.5, 0.6) is 0 Å². The van der Waals surface area contributed by atoms with E-state index in [4.69, 9.17) is 4.52 Å². The van der Waals surface area contributed by atoms with Crippen LogP contribution < -0.4 is 5.32 Å². The monoisotopic (exact) mass is 360 g/mol. The van der Waals surface area contributed by atoms with E-state index in [1.54, 1.807) is 23.6 Å². The molecular formula is C16H20N6O2S. The van der Waals surface area contributed by atoms with Crippen molar-refractivity contribution in [3.05, 3.63) is 34.9 Å². The van der Waals surface area contributed by atoms with Gasteiger partial charge in [0.25, 0.3) is 0 Å². The van der Waals surface area contributed by atoms with Gasteiger partial charge in [-0.2, -0.15) is 5.10 Å². The molecule has 2 aromatic heterocycles. The van der Waals surface area contributed by atoms with E-state index in [0.717, 1.165) is 18.1 Å². The zero-order valence-electron chi connectivity index (χ0n) is 14.4. The summed E-state index contributed by atoms with van der Waals surface area (Å²) in [6.07, 6.45) is 1.94. The van der Waals surface area contributed by atoms with Gasteiger partial charge in [0.05, 0.1) is 0 Å². The first kappa shape index (κ1) is 16.2. The maximum atomic E-state index is 12.5. The van der Waals surface area contributed by atoms with E-state index in [1.807, 2.05) is 31.1 Å². The molecule has 0 fully saturated rings. The smallest absolute Gasteiger partial charge is 0.322 e. The van der Waals surface area contributed by atoms with Crippen LogP contribution in [0.3, 0.4) is 0 Å². The Balaban J connectivity index is 1.33. The zero-order valence-corrected chi connectivity index (χ0v) is 15.3. The van der Waals surface area contributed by atoms with E-state index < -0.39 is 0 Å². The Hall–Kier alpha value is -2.26. The summed E-state index contributed by atoms with van der Waals surface area (Å²) in [5, 5.41) is 12.2. The molecule has 0 unspecified atom stereocenters. The van der Waals surface area contributed by atoms with Crippen LogP contribution >= 0.6 is 11.9 Å². The number of aryl methyl sites for hydroxylation is 3. The maximum absolute atomic E-state index is 12.5. The van der Waals surface area contributed by atoms with Crippen LogP contribution in [0.15, 0.2) is 33.0 Å². The van der Waals surface area contributed by atoms with Crippen LogP contribution in [0.4, 0.5) is 10.5 Å². The van der Waals surface area contributed by atoms with Crippen LogP contribution in [0.1, 0.15) is 11.5 Å². The minimum Gasteiger partial charge on any atom is -0.359 e. The SMILES string of the molecule is Cc1noc(C)c1NC(=O)N1CC2=C(CN(Sc3ccn(C)n3)C2)C1. The Labute approximate surface area is 149 Å². The molecule has 9 heteroatoms. The number of rotatable bonds is 3. The van der Waals surface area contributed by atoms with Crippen LogP contribution in [0, 0.1) is 13.8 Å². The molecule has 2 aliphatic rings. The predicted molar refractivity (Wildman–Crippen MR) is 94.2 cm³/mol. The van der Waals surface area contributed by atoms with Crippen molar-refractivity contribution >= 4 is 23.7 Å². The first-order valence-electron chi connectivity index (χ1n) is 8.10.